The van der Waals surface area contributed by atoms with Gasteiger partial charge < -0.3 is 4.34 Å². The number of aromatic nitrogens is 1. The predicted molar refractivity (Wildman–Crippen MR) is 81.6 cm³/mol. The Labute approximate surface area is 104 Å². The van der Waals surface area contributed by atoms with Gasteiger partial charge in [0.15, 0.2) is 0 Å². The lowest BCUT2D eigenvalue weighted by molar-refractivity contribution is 0.728. The molecule has 0 saturated heterocycles. The van der Waals surface area contributed by atoms with E-state index in [4.69, 9.17) is 0 Å². The average Bonchev–Trinajstić information content (AvgIpc) is 2.52. The fourth-order valence-corrected chi connectivity index (χ4v) is 2.55. The molecule has 5 heteroatoms. The Morgan fingerprint density at radius 1 is 1.31 bits per heavy atom. The van der Waals surface area contributed by atoms with E-state index in [1.807, 2.05) is 0 Å². The van der Waals surface area contributed by atoms with Gasteiger partial charge in [0.2, 0.25) is 0 Å². The molecule has 0 spiro atoms. The second-order valence-corrected chi connectivity index (χ2v) is 6.55. The van der Waals surface area contributed by atoms with Gasteiger partial charge in [0.1, 0.15) is 0 Å². The molecule has 1 aromatic carbocycles. The van der Waals surface area contributed by atoms with E-state index in [0.29, 0.717) is 0 Å². The highest BCUT2D eigenvalue weighted by Gasteiger charge is 2.06. The summed E-state index contributed by atoms with van der Waals surface area (Å²) in [5.41, 5.74) is 4.01. The van der Waals surface area contributed by atoms with Crippen molar-refractivity contribution < 1.29 is 0 Å². The van der Waals surface area contributed by atoms with Gasteiger partial charge in [-0.2, -0.15) is 0 Å². The van der Waals surface area contributed by atoms with Crippen LogP contribution in [0.5, 0.6) is 0 Å². The van der Waals surface area contributed by atoms with E-state index in [1.165, 1.54) is 22.0 Å². The first-order chi connectivity index (χ1) is 7.58. The summed E-state index contributed by atoms with van der Waals surface area (Å²) in [6.45, 7) is 3.16. The van der Waals surface area contributed by atoms with Crippen molar-refractivity contribution in [2.75, 3.05) is 6.54 Å². The number of rotatable bonds is 3. The van der Waals surface area contributed by atoms with Gasteiger partial charge in [-0.3, -0.25) is 4.44 Å². The van der Waals surface area contributed by atoms with Crippen molar-refractivity contribution in [1.29, 1.82) is 0 Å². The Morgan fingerprint density at radius 2 is 2.06 bits per heavy atom. The van der Waals surface area contributed by atoms with Crippen molar-refractivity contribution in [3.63, 3.8) is 0 Å². The summed E-state index contributed by atoms with van der Waals surface area (Å²) in [6.07, 6.45) is 3.27. The Morgan fingerprint density at radius 3 is 2.75 bits per heavy atom. The lowest BCUT2D eigenvalue weighted by Gasteiger charge is -2.07. The maximum absolute atomic E-state index is 2.75. The lowest BCUT2D eigenvalue weighted by atomic mass is 10.1. The van der Waals surface area contributed by atoms with Crippen LogP contribution in [0.4, 0.5) is 0 Å². The van der Waals surface area contributed by atoms with E-state index < -0.39 is 0 Å². The van der Waals surface area contributed by atoms with E-state index in [-0.39, 0.29) is 0 Å². The summed E-state index contributed by atoms with van der Waals surface area (Å²) in [5.74, 6) is 0. The van der Waals surface area contributed by atoms with Crippen LogP contribution >= 0.6 is 28.2 Å². The fourth-order valence-electron chi connectivity index (χ4n) is 1.89. The molecule has 2 rings (SSSR count). The summed E-state index contributed by atoms with van der Waals surface area (Å²) in [4.78, 5) is 0. The molecule has 1 aromatic heterocycles. The number of hydrogen-bond donors (Lipinski definition) is 0. The summed E-state index contributed by atoms with van der Waals surface area (Å²) in [6, 6.07) is 6.60. The highest BCUT2D eigenvalue weighted by Crippen LogP contribution is 2.25. The third-order valence-corrected chi connectivity index (χ3v) is 3.65. The minimum atomic E-state index is 1.02. The Hall–Kier alpha value is 0.01000. The second kappa shape index (κ2) is 5.11. The van der Waals surface area contributed by atoms with Gasteiger partial charge in [0.05, 0.1) is 5.52 Å². The molecular formula is C11H17N2P3. The molecular weight excluding hydrogens is 253 g/mol. The normalized spacial score (nSPS) is 11.6. The Bertz CT molecular complexity index is 505. The van der Waals surface area contributed by atoms with Crippen LogP contribution in [0.25, 0.3) is 10.9 Å². The van der Waals surface area contributed by atoms with Crippen molar-refractivity contribution in [2.45, 2.75) is 13.3 Å². The predicted octanol–water partition coefficient (Wildman–Crippen LogP) is 3.01. The van der Waals surface area contributed by atoms with Crippen LogP contribution in [0.3, 0.4) is 0 Å². The largest absolute Gasteiger partial charge is 0.332 e. The number of benzene rings is 1. The summed E-state index contributed by atoms with van der Waals surface area (Å²) >= 11 is 0. The Kier molecular flexibility index (Phi) is 3.98. The summed E-state index contributed by atoms with van der Waals surface area (Å²) in [7, 11) is 8.08. The fraction of sp³-hybridized carbons (Fsp3) is 0.273. The molecule has 0 radical (unpaired) electrons. The molecule has 2 nitrogen and oxygen atoms in total. The van der Waals surface area contributed by atoms with Crippen LogP contribution in [0, 0.1) is 6.92 Å². The number of nitrogens with zero attached hydrogens (tertiary/aromatic N) is 2. The van der Waals surface area contributed by atoms with Crippen molar-refractivity contribution in [3.8, 4) is 0 Å². The molecule has 1 heterocycles. The first-order valence-electron chi connectivity index (χ1n) is 5.20. The van der Waals surface area contributed by atoms with Crippen molar-refractivity contribution in [3.05, 3.63) is 35.5 Å². The quantitative estimate of drug-likeness (QED) is 0.778. The molecule has 16 heavy (non-hydrogen) atoms. The number of aryl methyl sites for hydroxylation is 1. The maximum Gasteiger partial charge on any atom is 0.0512 e. The molecule has 0 bridgehead atoms. The van der Waals surface area contributed by atoms with Crippen LogP contribution in [0.2, 0.25) is 0 Å². The van der Waals surface area contributed by atoms with Gasteiger partial charge in [0, 0.05) is 18.1 Å². The standard InChI is InChI=1S/C11H17N2P3/c1-8-2-3-11-10(6-8)9(7-12(11)14)4-5-13(15)16/h2-3,6-7H,4-5,14-16H2,1H3. The van der Waals surface area contributed by atoms with E-state index >= 15 is 0 Å². The third kappa shape index (κ3) is 2.63. The van der Waals surface area contributed by atoms with E-state index in [2.05, 4.69) is 68.3 Å². The number of fused-ring (bicyclic) bond motifs is 1. The van der Waals surface area contributed by atoms with E-state index in [1.54, 1.807) is 0 Å². The Balaban J connectivity index is 2.41. The van der Waals surface area contributed by atoms with Gasteiger partial charge in [0.25, 0.3) is 0 Å². The van der Waals surface area contributed by atoms with E-state index in [0.717, 1.165) is 13.0 Å². The lowest BCUT2D eigenvalue weighted by Crippen LogP contribution is -2.01. The van der Waals surface area contributed by atoms with Gasteiger partial charge in [-0.05, 0) is 40.4 Å². The highest BCUT2D eigenvalue weighted by atomic mass is 31.1. The highest BCUT2D eigenvalue weighted by molar-refractivity contribution is 7.30. The molecule has 0 aliphatic rings. The zero-order valence-corrected chi connectivity index (χ0v) is 12.8. The van der Waals surface area contributed by atoms with Crippen molar-refractivity contribution in [1.82, 2.24) is 8.78 Å². The molecule has 0 aliphatic heterocycles. The van der Waals surface area contributed by atoms with Crippen LogP contribution in [-0.4, -0.2) is 15.3 Å². The SMILES string of the molecule is Cc1ccc2c(c1)c(CCN(P)P)cn2P. The first kappa shape index (κ1) is 12.5. The molecule has 0 aliphatic carbocycles. The van der Waals surface area contributed by atoms with Crippen molar-refractivity contribution in [2.24, 2.45) is 0 Å². The molecule has 0 fully saturated rings. The zero-order valence-electron chi connectivity index (χ0n) is 9.35. The zero-order chi connectivity index (χ0) is 11.7. The van der Waals surface area contributed by atoms with Gasteiger partial charge >= 0.3 is 0 Å². The molecule has 0 amide bonds. The van der Waals surface area contributed by atoms with Crippen LogP contribution in [0.15, 0.2) is 24.4 Å². The topological polar surface area (TPSA) is 8.17 Å². The molecule has 0 saturated carbocycles. The average molecular weight is 270 g/mol. The molecule has 3 atom stereocenters. The van der Waals surface area contributed by atoms with E-state index in [9.17, 15) is 0 Å². The first-order valence-corrected chi connectivity index (χ1v) is 6.75. The molecule has 0 N–H and O–H groups in total. The molecule has 2 aromatic rings. The summed E-state index contributed by atoms with van der Waals surface area (Å²) in [5, 5.41) is 1.37. The van der Waals surface area contributed by atoms with Crippen LogP contribution in [-0.2, 0) is 6.42 Å². The second-order valence-electron chi connectivity index (χ2n) is 4.07. The molecule has 3 unspecified atom stereocenters. The van der Waals surface area contributed by atoms with Gasteiger partial charge in [-0.1, -0.05) is 30.4 Å². The van der Waals surface area contributed by atoms with Crippen molar-refractivity contribution >= 4 is 39.1 Å². The minimum Gasteiger partial charge on any atom is -0.332 e. The summed E-state index contributed by atoms with van der Waals surface area (Å²) < 4.78 is 4.18. The smallest absolute Gasteiger partial charge is 0.0512 e. The third-order valence-electron chi connectivity index (χ3n) is 2.71. The molecule has 86 valence electrons. The van der Waals surface area contributed by atoms with Gasteiger partial charge in [-0.25, -0.2) is 0 Å². The minimum absolute atomic E-state index is 1.02. The maximum atomic E-state index is 2.75. The van der Waals surface area contributed by atoms with Crippen LogP contribution in [0.1, 0.15) is 11.1 Å². The monoisotopic (exact) mass is 270 g/mol. The number of hydrogen-bond acceptors (Lipinski definition) is 1. The van der Waals surface area contributed by atoms with Crippen LogP contribution < -0.4 is 0 Å². The van der Waals surface area contributed by atoms with Gasteiger partial charge in [-0.15, -0.1) is 0 Å².